The fourth-order valence-electron chi connectivity index (χ4n) is 1.56. The van der Waals surface area contributed by atoms with Gasteiger partial charge in [-0.1, -0.05) is 24.6 Å². The molecule has 0 aliphatic heterocycles. The molecule has 104 valence electrons. The van der Waals surface area contributed by atoms with Crippen molar-refractivity contribution in [2.75, 3.05) is 25.9 Å². The predicted molar refractivity (Wildman–Crippen MR) is 76.1 cm³/mol. The van der Waals surface area contributed by atoms with Gasteiger partial charge < -0.3 is 16.0 Å². The molecule has 0 fully saturated rings. The molecule has 0 radical (unpaired) electrons. The molecule has 1 aromatic carbocycles. The molecule has 0 bridgehead atoms. The number of benzene rings is 1. The summed E-state index contributed by atoms with van der Waals surface area (Å²) in [4.78, 5) is 25.0. The van der Waals surface area contributed by atoms with Gasteiger partial charge in [0.1, 0.15) is 0 Å². The van der Waals surface area contributed by atoms with Crippen LogP contribution in [0.15, 0.2) is 18.2 Å². The molecule has 0 spiro atoms. The van der Waals surface area contributed by atoms with Crippen LogP contribution in [0, 0.1) is 0 Å². The maximum atomic E-state index is 12.2. The van der Waals surface area contributed by atoms with E-state index in [0.29, 0.717) is 12.2 Å². The van der Waals surface area contributed by atoms with Crippen LogP contribution in [0.3, 0.4) is 0 Å². The van der Waals surface area contributed by atoms with E-state index in [1.165, 1.54) is 11.9 Å². The number of nitrogens with one attached hydrogen (secondary N) is 1. The van der Waals surface area contributed by atoms with Crippen LogP contribution in [0.5, 0.6) is 0 Å². The van der Waals surface area contributed by atoms with E-state index in [4.69, 9.17) is 17.3 Å². The monoisotopic (exact) mass is 283 g/mol. The smallest absolute Gasteiger partial charge is 0.257 e. The zero-order valence-corrected chi connectivity index (χ0v) is 11.8. The van der Waals surface area contributed by atoms with Gasteiger partial charge in [0.25, 0.3) is 5.91 Å². The second-order valence-electron chi connectivity index (χ2n) is 4.22. The molecule has 0 saturated carbocycles. The summed E-state index contributed by atoms with van der Waals surface area (Å²) in [5, 5.41) is 2.98. The van der Waals surface area contributed by atoms with E-state index in [-0.39, 0.29) is 28.9 Å². The van der Waals surface area contributed by atoms with Crippen molar-refractivity contribution in [3.8, 4) is 0 Å². The predicted octanol–water partition coefficient (Wildman–Crippen LogP) is 1.52. The van der Waals surface area contributed by atoms with Crippen molar-refractivity contribution in [3.05, 3.63) is 28.8 Å². The standard InChI is InChI=1S/C13H18ClN3O2/c1-3-7-16-11(18)8-17(2)13(19)12-9(14)5-4-6-10(12)15/h4-6H,3,7-8,15H2,1-2H3,(H,16,18). The number of halogens is 1. The van der Waals surface area contributed by atoms with Crippen molar-refractivity contribution in [1.29, 1.82) is 0 Å². The number of anilines is 1. The number of nitrogens with zero attached hydrogens (tertiary/aromatic N) is 1. The number of rotatable bonds is 5. The van der Waals surface area contributed by atoms with Crippen molar-refractivity contribution in [3.63, 3.8) is 0 Å². The van der Waals surface area contributed by atoms with Gasteiger partial charge in [-0.3, -0.25) is 9.59 Å². The van der Waals surface area contributed by atoms with Gasteiger partial charge in [0.2, 0.25) is 5.91 Å². The molecule has 6 heteroatoms. The maximum absolute atomic E-state index is 12.2. The van der Waals surface area contributed by atoms with Crippen LogP contribution < -0.4 is 11.1 Å². The molecule has 0 aromatic heterocycles. The molecule has 0 atom stereocenters. The fourth-order valence-corrected chi connectivity index (χ4v) is 1.83. The molecule has 3 N–H and O–H groups in total. The second kappa shape index (κ2) is 6.99. The number of carbonyl (C=O) groups excluding carboxylic acids is 2. The minimum atomic E-state index is -0.366. The lowest BCUT2D eigenvalue weighted by Gasteiger charge is -2.18. The topological polar surface area (TPSA) is 75.4 Å². The minimum Gasteiger partial charge on any atom is -0.398 e. The largest absolute Gasteiger partial charge is 0.398 e. The van der Waals surface area contributed by atoms with E-state index < -0.39 is 0 Å². The third-order valence-corrected chi connectivity index (χ3v) is 2.87. The Bertz CT molecular complexity index is 457. The zero-order valence-electron chi connectivity index (χ0n) is 11.1. The number of hydrogen-bond donors (Lipinski definition) is 2. The second-order valence-corrected chi connectivity index (χ2v) is 4.62. The summed E-state index contributed by atoms with van der Waals surface area (Å²) < 4.78 is 0. The molecule has 0 unspecified atom stereocenters. The highest BCUT2D eigenvalue weighted by molar-refractivity contribution is 6.34. The summed E-state index contributed by atoms with van der Waals surface area (Å²) in [6.07, 6.45) is 0.848. The molecular formula is C13H18ClN3O2. The number of nitrogens with two attached hydrogens (primary N) is 1. The summed E-state index contributed by atoms with van der Waals surface area (Å²) in [5.41, 5.74) is 6.27. The van der Waals surface area contributed by atoms with Gasteiger partial charge >= 0.3 is 0 Å². The van der Waals surface area contributed by atoms with E-state index in [2.05, 4.69) is 5.32 Å². The van der Waals surface area contributed by atoms with E-state index >= 15 is 0 Å². The Labute approximate surface area is 117 Å². The van der Waals surface area contributed by atoms with E-state index in [1.807, 2.05) is 6.92 Å². The lowest BCUT2D eigenvalue weighted by Crippen LogP contribution is -2.38. The average molecular weight is 284 g/mol. The minimum absolute atomic E-state index is 0.0243. The van der Waals surface area contributed by atoms with Crippen LogP contribution in [0.2, 0.25) is 5.02 Å². The van der Waals surface area contributed by atoms with E-state index in [0.717, 1.165) is 6.42 Å². The molecule has 0 saturated heterocycles. The first kappa shape index (κ1) is 15.3. The lowest BCUT2D eigenvalue weighted by molar-refractivity contribution is -0.121. The molecule has 5 nitrogen and oxygen atoms in total. The van der Waals surface area contributed by atoms with Gasteiger partial charge in [0.15, 0.2) is 0 Å². The third-order valence-electron chi connectivity index (χ3n) is 2.56. The van der Waals surface area contributed by atoms with E-state index in [9.17, 15) is 9.59 Å². The average Bonchev–Trinajstić information content (AvgIpc) is 2.35. The van der Waals surface area contributed by atoms with Crippen LogP contribution in [-0.2, 0) is 4.79 Å². The van der Waals surface area contributed by atoms with Gasteiger partial charge in [-0.25, -0.2) is 0 Å². The quantitative estimate of drug-likeness (QED) is 0.805. The first-order chi connectivity index (χ1) is 8.97. The van der Waals surface area contributed by atoms with Crippen molar-refractivity contribution >= 4 is 29.1 Å². The summed E-state index contributed by atoms with van der Waals surface area (Å²) in [7, 11) is 1.54. The van der Waals surface area contributed by atoms with Crippen LogP contribution in [-0.4, -0.2) is 36.9 Å². The van der Waals surface area contributed by atoms with Crippen molar-refractivity contribution in [2.24, 2.45) is 0 Å². The molecule has 2 amide bonds. The highest BCUT2D eigenvalue weighted by Crippen LogP contribution is 2.23. The molecule has 19 heavy (non-hydrogen) atoms. The fraction of sp³-hybridized carbons (Fsp3) is 0.385. The van der Waals surface area contributed by atoms with Crippen LogP contribution in [0.1, 0.15) is 23.7 Å². The Kier molecular flexibility index (Phi) is 5.63. The van der Waals surface area contributed by atoms with Crippen LogP contribution in [0.4, 0.5) is 5.69 Å². The van der Waals surface area contributed by atoms with Crippen molar-refractivity contribution in [2.45, 2.75) is 13.3 Å². The number of carbonyl (C=O) groups is 2. The van der Waals surface area contributed by atoms with E-state index in [1.54, 1.807) is 18.2 Å². The summed E-state index contributed by atoms with van der Waals surface area (Å²) in [6, 6.07) is 4.86. The Morgan fingerprint density at radius 1 is 1.42 bits per heavy atom. The summed E-state index contributed by atoms with van der Waals surface area (Å²) in [5.74, 6) is -0.571. The number of likely N-dealkylation sites (N-methyl/N-ethyl adjacent to an activating group) is 1. The Balaban J connectivity index is 2.75. The molecule has 0 heterocycles. The summed E-state index contributed by atoms with van der Waals surface area (Å²) >= 11 is 5.96. The first-order valence-electron chi connectivity index (χ1n) is 6.03. The Morgan fingerprint density at radius 2 is 2.11 bits per heavy atom. The third kappa shape index (κ3) is 4.13. The van der Waals surface area contributed by atoms with Crippen molar-refractivity contribution in [1.82, 2.24) is 10.2 Å². The van der Waals surface area contributed by atoms with Gasteiger partial charge in [0.05, 0.1) is 17.1 Å². The maximum Gasteiger partial charge on any atom is 0.257 e. The number of hydrogen-bond acceptors (Lipinski definition) is 3. The van der Waals surface area contributed by atoms with Gasteiger partial charge in [0, 0.05) is 19.3 Å². The van der Waals surface area contributed by atoms with Crippen molar-refractivity contribution < 1.29 is 9.59 Å². The molecule has 0 aliphatic rings. The number of nitrogen functional groups attached to an aromatic ring is 1. The SMILES string of the molecule is CCCNC(=O)CN(C)C(=O)c1c(N)cccc1Cl. The lowest BCUT2D eigenvalue weighted by atomic mass is 10.1. The number of amides is 2. The van der Waals surface area contributed by atoms with Crippen LogP contribution >= 0.6 is 11.6 Å². The summed E-state index contributed by atoms with van der Waals surface area (Å²) in [6.45, 7) is 2.53. The van der Waals surface area contributed by atoms with Gasteiger partial charge in [-0.15, -0.1) is 0 Å². The highest BCUT2D eigenvalue weighted by Gasteiger charge is 2.19. The molecule has 1 aromatic rings. The molecule has 0 aliphatic carbocycles. The van der Waals surface area contributed by atoms with Gasteiger partial charge in [-0.2, -0.15) is 0 Å². The first-order valence-corrected chi connectivity index (χ1v) is 6.41. The van der Waals surface area contributed by atoms with Crippen LogP contribution in [0.25, 0.3) is 0 Å². The molecule has 1 rings (SSSR count). The highest BCUT2D eigenvalue weighted by atomic mass is 35.5. The zero-order chi connectivity index (χ0) is 14.4. The normalized spacial score (nSPS) is 10.1. The molecular weight excluding hydrogens is 266 g/mol. The Hall–Kier alpha value is -1.75. The van der Waals surface area contributed by atoms with Gasteiger partial charge in [-0.05, 0) is 18.6 Å². The Morgan fingerprint density at radius 3 is 2.68 bits per heavy atom.